The topological polar surface area (TPSA) is 104 Å². The molecule has 0 fully saturated rings. The lowest BCUT2D eigenvalue weighted by atomic mass is 10.1. The Morgan fingerprint density at radius 1 is 1.29 bits per heavy atom. The molecule has 1 aromatic carbocycles. The van der Waals surface area contributed by atoms with Gasteiger partial charge in [0.1, 0.15) is 17.1 Å². The van der Waals surface area contributed by atoms with Crippen LogP contribution >= 0.6 is 0 Å². The van der Waals surface area contributed by atoms with Crippen molar-refractivity contribution in [1.29, 1.82) is 0 Å². The molecule has 1 unspecified atom stereocenters. The number of aryl methyl sites for hydroxylation is 1. The fraction of sp³-hybridized carbons (Fsp3) is 0.261. The Bertz CT molecular complexity index is 1280. The molecule has 1 atom stereocenters. The monoisotopic (exact) mass is 475 g/mol. The fourth-order valence-electron chi connectivity index (χ4n) is 3.33. The summed E-state index contributed by atoms with van der Waals surface area (Å²) in [5.41, 5.74) is 7.94. The number of halogens is 3. The van der Waals surface area contributed by atoms with Crippen LogP contribution in [0.25, 0.3) is 21.8 Å². The van der Waals surface area contributed by atoms with Crippen molar-refractivity contribution in [3.8, 4) is 0 Å². The zero-order valence-corrected chi connectivity index (χ0v) is 18.6. The molecule has 0 radical (unpaired) electrons. The maximum absolute atomic E-state index is 13.0. The second kappa shape index (κ2) is 9.96. The first-order valence-corrected chi connectivity index (χ1v) is 10.2. The lowest BCUT2D eigenvalue weighted by Gasteiger charge is -2.19. The largest absolute Gasteiger partial charge is 0.573 e. The van der Waals surface area contributed by atoms with Crippen molar-refractivity contribution < 1.29 is 27.4 Å². The standard InChI is InChI=1S/C23H24F3N5O3/c1-5-33-12-19(13(2)6-7-14(3)34-23(24,25)26)30-22(32)15-8-9-18-16(10-15)17-11-28-31(4)20(17)21(27)29-18/h6-11,19H,2-3,5,12H2,1,4H3,(H2,27,29)(H,30,32)/b7-6-. The highest BCUT2D eigenvalue weighted by Gasteiger charge is 2.31. The van der Waals surface area contributed by atoms with Crippen molar-refractivity contribution in [3.05, 3.63) is 66.6 Å². The normalized spacial score (nSPS) is 12.9. The van der Waals surface area contributed by atoms with Crippen LogP contribution in [0.1, 0.15) is 17.3 Å². The Morgan fingerprint density at radius 2 is 2.03 bits per heavy atom. The number of benzene rings is 1. The molecule has 2 aromatic heterocycles. The van der Waals surface area contributed by atoms with Crippen LogP contribution in [0.15, 0.2) is 61.0 Å². The first kappa shape index (κ1) is 24.8. The van der Waals surface area contributed by atoms with Gasteiger partial charge in [0.15, 0.2) is 0 Å². The van der Waals surface area contributed by atoms with Gasteiger partial charge in [0.2, 0.25) is 0 Å². The highest BCUT2D eigenvalue weighted by Crippen LogP contribution is 2.28. The molecule has 0 bridgehead atoms. The maximum Gasteiger partial charge on any atom is 0.573 e. The van der Waals surface area contributed by atoms with Crippen LogP contribution in [0.4, 0.5) is 19.0 Å². The number of allylic oxidation sites excluding steroid dienone is 1. The molecule has 3 rings (SSSR count). The molecular weight excluding hydrogens is 451 g/mol. The van der Waals surface area contributed by atoms with Gasteiger partial charge in [-0.1, -0.05) is 19.2 Å². The van der Waals surface area contributed by atoms with Crippen molar-refractivity contribution in [1.82, 2.24) is 20.1 Å². The first-order valence-electron chi connectivity index (χ1n) is 10.2. The maximum atomic E-state index is 13.0. The van der Waals surface area contributed by atoms with E-state index in [0.29, 0.717) is 40.0 Å². The van der Waals surface area contributed by atoms with E-state index in [2.05, 4.69) is 33.3 Å². The molecule has 11 heteroatoms. The quantitative estimate of drug-likeness (QED) is 0.358. The molecule has 2 heterocycles. The highest BCUT2D eigenvalue weighted by atomic mass is 19.4. The number of hydrogen-bond acceptors (Lipinski definition) is 6. The third-order valence-corrected chi connectivity index (χ3v) is 4.94. The number of amides is 1. The number of nitrogens with zero attached hydrogens (tertiary/aromatic N) is 3. The minimum absolute atomic E-state index is 0.0660. The van der Waals surface area contributed by atoms with Crippen molar-refractivity contribution in [2.24, 2.45) is 7.05 Å². The smallest absolute Gasteiger partial charge is 0.406 e. The van der Waals surface area contributed by atoms with Crippen LogP contribution in [0.5, 0.6) is 0 Å². The number of anilines is 1. The number of rotatable bonds is 9. The number of hydrogen-bond donors (Lipinski definition) is 2. The Hall–Kier alpha value is -3.86. The van der Waals surface area contributed by atoms with Crippen molar-refractivity contribution in [2.45, 2.75) is 19.3 Å². The number of carbonyl (C=O) groups excluding carboxylic acids is 1. The summed E-state index contributed by atoms with van der Waals surface area (Å²) in [6, 6.07) is 4.25. The summed E-state index contributed by atoms with van der Waals surface area (Å²) in [4.78, 5) is 17.4. The van der Waals surface area contributed by atoms with Gasteiger partial charge in [0.25, 0.3) is 5.91 Å². The number of nitrogens with two attached hydrogens (primary N) is 1. The van der Waals surface area contributed by atoms with E-state index in [9.17, 15) is 18.0 Å². The van der Waals surface area contributed by atoms with Crippen LogP contribution < -0.4 is 11.1 Å². The number of alkyl halides is 3. The third kappa shape index (κ3) is 5.73. The van der Waals surface area contributed by atoms with E-state index < -0.39 is 24.1 Å². The van der Waals surface area contributed by atoms with Gasteiger partial charge in [-0.05, 0) is 36.8 Å². The molecule has 1 amide bonds. The van der Waals surface area contributed by atoms with Gasteiger partial charge in [0.05, 0.1) is 24.4 Å². The second-order valence-corrected chi connectivity index (χ2v) is 7.37. The molecule has 0 saturated heterocycles. The number of carbonyl (C=O) groups is 1. The predicted molar refractivity (Wildman–Crippen MR) is 123 cm³/mol. The van der Waals surface area contributed by atoms with Gasteiger partial charge < -0.3 is 20.5 Å². The number of pyridine rings is 1. The number of fused-ring (bicyclic) bond motifs is 3. The molecule has 0 aliphatic rings. The summed E-state index contributed by atoms with van der Waals surface area (Å²) in [6.07, 6.45) is -0.898. The van der Waals surface area contributed by atoms with Crippen LogP contribution in [0.2, 0.25) is 0 Å². The van der Waals surface area contributed by atoms with E-state index in [1.54, 1.807) is 43.0 Å². The molecular formula is C23H24F3N5O3. The zero-order chi connectivity index (χ0) is 25.0. The zero-order valence-electron chi connectivity index (χ0n) is 18.6. The van der Waals surface area contributed by atoms with Gasteiger partial charge in [-0.15, -0.1) is 13.2 Å². The molecule has 180 valence electrons. The Kier molecular flexibility index (Phi) is 7.26. The fourth-order valence-corrected chi connectivity index (χ4v) is 3.33. The Morgan fingerprint density at radius 3 is 2.71 bits per heavy atom. The molecule has 0 spiro atoms. The summed E-state index contributed by atoms with van der Waals surface area (Å²) in [6.45, 7) is 9.24. The van der Waals surface area contributed by atoms with Crippen molar-refractivity contribution >= 4 is 33.5 Å². The van der Waals surface area contributed by atoms with Crippen LogP contribution in [0, 0.1) is 0 Å². The Labute approximate surface area is 193 Å². The summed E-state index contributed by atoms with van der Waals surface area (Å²) < 4.78 is 47.7. The first-order chi connectivity index (χ1) is 16.0. The summed E-state index contributed by atoms with van der Waals surface area (Å²) in [7, 11) is 1.74. The molecule has 3 aromatic rings. The molecule has 0 aliphatic heterocycles. The van der Waals surface area contributed by atoms with E-state index >= 15 is 0 Å². The minimum atomic E-state index is -4.85. The lowest BCUT2D eigenvalue weighted by Crippen LogP contribution is -2.39. The van der Waals surface area contributed by atoms with Crippen molar-refractivity contribution in [3.63, 3.8) is 0 Å². The summed E-state index contributed by atoms with van der Waals surface area (Å²) in [5.74, 6) is -0.715. The van der Waals surface area contributed by atoms with Gasteiger partial charge in [-0.2, -0.15) is 5.10 Å². The number of nitrogen functional groups attached to an aromatic ring is 1. The average Bonchev–Trinajstić information content (AvgIpc) is 3.16. The van der Waals surface area contributed by atoms with Crippen molar-refractivity contribution in [2.75, 3.05) is 18.9 Å². The SMILES string of the molecule is C=C(/C=C\C(=C)C(COCC)NC(=O)c1ccc2nc(N)c3c(cnn3C)c2c1)OC(F)(F)F. The van der Waals surface area contributed by atoms with E-state index in [4.69, 9.17) is 10.5 Å². The molecule has 0 saturated carbocycles. The predicted octanol–water partition coefficient (Wildman–Crippen LogP) is 4.00. The van der Waals surface area contributed by atoms with Crippen LogP contribution in [-0.2, 0) is 16.5 Å². The van der Waals surface area contributed by atoms with Gasteiger partial charge in [-0.3, -0.25) is 9.48 Å². The minimum Gasteiger partial charge on any atom is -0.406 e. The number of aromatic nitrogens is 3. The lowest BCUT2D eigenvalue weighted by molar-refractivity contribution is -0.303. The number of nitrogens with one attached hydrogen (secondary N) is 1. The van der Waals surface area contributed by atoms with E-state index in [-0.39, 0.29) is 6.61 Å². The Balaban J connectivity index is 1.83. The second-order valence-electron chi connectivity index (χ2n) is 7.37. The van der Waals surface area contributed by atoms with Gasteiger partial charge >= 0.3 is 6.36 Å². The summed E-state index contributed by atoms with van der Waals surface area (Å²) >= 11 is 0. The third-order valence-electron chi connectivity index (χ3n) is 4.94. The molecule has 8 nitrogen and oxygen atoms in total. The van der Waals surface area contributed by atoms with Crippen LogP contribution in [-0.4, -0.2) is 46.3 Å². The summed E-state index contributed by atoms with van der Waals surface area (Å²) in [5, 5.41) is 8.46. The van der Waals surface area contributed by atoms with Gasteiger partial charge in [0, 0.05) is 30.0 Å². The van der Waals surface area contributed by atoms with Gasteiger partial charge in [-0.25, -0.2) is 4.98 Å². The molecule has 34 heavy (non-hydrogen) atoms. The van der Waals surface area contributed by atoms with E-state index in [1.807, 2.05) is 0 Å². The van der Waals surface area contributed by atoms with E-state index in [1.165, 1.54) is 6.08 Å². The van der Waals surface area contributed by atoms with E-state index in [0.717, 1.165) is 11.5 Å². The van der Waals surface area contributed by atoms with Crippen LogP contribution in [0.3, 0.4) is 0 Å². The highest BCUT2D eigenvalue weighted by molar-refractivity contribution is 6.10. The number of ether oxygens (including phenoxy) is 2. The molecule has 3 N–H and O–H groups in total. The molecule has 0 aliphatic carbocycles. The average molecular weight is 475 g/mol.